The summed E-state index contributed by atoms with van der Waals surface area (Å²) in [6, 6.07) is 28.4. The van der Waals surface area contributed by atoms with E-state index in [4.69, 9.17) is 5.71 Å². The molecule has 1 heterocycles. The molecule has 0 aliphatic carbocycles. The van der Waals surface area contributed by atoms with Crippen molar-refractivity contribution in [3.63, 3.8) is 0 Å². The van der Waals surface area contributed by atoms with Crippen LogP contribution in [-0.4, -0.2) is 28.8 Å². The number of benzene rings is 3. The molecule has 0 atom stereocenters. The van der Waals surface area contributed by atoms with Gasteiger partial charge in [0.1, 0.15) is 0 Å². The van der Waals surface area contributed by atoms with Gasteiger partial charge in [0.15, 0.2) is 0 Å². The van der Waals surface area contributed by atoms with Gasteiger partial charge in [0.05, 0.1) is 0 Å². The molecule has 3 aromatic carbocycles. The number of para-hydroxylation sites is 1. The van der Waals surface area contributed by atoms with Gasteiger partial charge in [-0.05, 0) is 0 Å². The van der Waals surface area contributed by atoms with Crippen molar-refractivity contribution in [3.8, 4) is 22.6 Å². The van der Waals surface area contributed by atoms with Crippen molar-refractivity contribution in [2.45, 2.75) is 0 Å². The van der Waals surface area contributed by atoms with Crippen LogP contribution in [0.15, 0.2) is 91.1 Å². The van der Waals surface area contributed by atoms with E-state index in [0.29, 0.717) is 0 Å². The molecule has 0 aliphatic heterocycles. The average molecular weight is 428 g/mol. The van der Waals surface area contributed by atoms with Crippen molar-refractivity contribution in [1.82, 2.24) is 4.98 Å². The molecule has 4 rings (SSSR count). The van der Waals surface area contributed by atoms with Crippen LogP contribution in [0.25, 0.3) is 22.0 Å². The molecule has 0 saturated carbocycles. The van der Waals surface area contributed by atoms with E-state index < -0.39 is 23.8 Å². The number of fused-ring (bicyclic) bond motifs is 1. The number of rotatable bonds is 5. The van der Waals surface area contributed by atoms with Crippen molar-refractivity contribution in [3.05, 3.63) is 91.1 Å². The summed E-state index contributed by atoms with van der Waals surface area (Å²) in [5, 5.41) is 1.08. The Balaban J connectivity index is 1.42. The minimum absolute atomic E-state index is 0.806. The van der Waals surface area contributed by atoms with Crippen molar-refractivity contribution in [2.75, 3.05) is 0 Å². The fourth-order valence-corrected chi connectivity index (χ4v) is 4.40. The summed E-state index contributed by atoms with van der Waals surface area (Å²) in [7, 11) is 0. The van der Waals surface area contributed by atoms with Gasteiger partial charge >= 0.3 is 159 Å². The zero-order valence-electron chi connectivity index (χ0n) is 13.5. The summed E-state index contributed by atoms with van der Waals surface area (Å²) in [5.41, 5.74) is 3.27. The molecule has 0 N–H and O–H groups in total. The average Bonchev–Trinajstić information content (AvgIpc) is 2.69. The predicted octanol–water partition coefficient (Wildman–Crippen LogP) is 4.89. The second-order valence-corrected chi connectivity index (χ2v) is 7.45. The topological polar surface area (TPSA) is 31.4 Å². The van der Waals surface area contributed by atoms with Crippen LogP contribution in [0, 0.1) is 0 Å². The predicted molar refractivity (Wildman–Crippen MR) is 101 cm³/mol. The fraction of sp³-hybridized carbons (Fsp3) is 0. The van der Waals surface area contributed by atoms with Gasteiger partial charge in [-0.1, -0.05) is 0 Å². The van der Waals surface area contributed by atoms with E-state index >= 15 is 0 Å². The minimum atomic E-state index is -1.68. The van der Waals surface area contributed by atoms with Crippen LogP contribution in [0.5, 0.6) is 11.5 Å². The Bertz CT molecular complexity index is 966. The molecule has 4 aromatic rings. The van der Waals surface area contributed by atoms with E-state index in [2.05, 4.69) is 29.2 Å². The van der Waals surface area contributed by atoms with Gasteiger partial charge in [-0.3, -0.25) is 0 Å². The van der Waals surface area contributed by atoms with Crippen molar-refractivity contribution in [1.29, 1.82) is 0 Å². The molecule has 3 nitrogen and oxygen atoms in total. The SMILES string of the molecule is c1ccc(-c2ccc([O][In][O]c3cccc4cccnc34)cc2)cc1. The van der Waals surface area contributed by atoms with Gasteiger partial charge in [-0.15, -0.1) is 0 Å². The third kappa shape index (κ3) is 3.80. The Hall–Kier alpha value is -2.46. The summed E-state index contributed by atoms with van der Waals surface area (Å²) in [6.07, 6.45) is 1.78. The fourth-order valence-electron chi connectivity index (χ4n) is 2.66. The van der Waals surface area contributed by atoms with Crippen LogP contribution in [0.1, 0.15) is 0 Å². The zero-order chi connectivity index (χ0) is 16.9. The van der Waals surface area contributed by atoms with Gasteiger partial charge in [0, 0.05) is 0 Å². The second kappa shape index (κ2) is 7.62. The van der Waals surface area contributed by atoms with Crippen molar-refractivity contribution < 1.29 is 5.71 Å². The Morgan fingerprint density at radius 2 is 1.40 bits per heavy atom. The van der Waals surface area contributed by atoms with Crippen molar-refractivity contribution >= 4 is 34.7 Å². The first-order chi connectivity index (χ1) is 12.4. The quantitative estimate of drug-likeness (QED) is 0.454. The molecule has 0 bridgehead atoms. The molecule has 0 saturated heterocycles. The summed E-state index contributed by atoms with van der Waals surface area (Å²) in [6.45, 7) is 0. The van der Waals surface area contributed by atoms with Crippen LogP contribution in [0.2, 0.25) is 0 Å². The first-order valence-corrected chi connectivity index (χ1v) is 10.7. The van der Waals surface area contributed by atoms with Gasteiger partial charge in [-0.25, -0.2) is 0 Å². The van der Waals surface area contributed by atoms with Crippen LogP contribution in [0.4, 0.5) is 0 Å². The van der Waals surface area contributed by atoms with E-state index in [1.54, 1.807) is 6.20 Å². The first kappa shape index (κ1) is 16.0. The van der Waals surface area contributed by atoms with Crippen LogP contribution >= 0.6 is 0 Å². The van der Waals surface area contributed by atoms with E-state index in [9.17, 15) is 0 Å². The molecule has 1 aromatic heterocycles. The molecule has 25 heavy (non-hydrogen) atoms. The summed E-state index contributed by atoms with van der Waals surface area (Å²) in [4.78, 5) is 4.40. The number of aromatic nitrogens is 1. The van der Waals surface area contributed by atoms with E-state index in [1.807, 2.05) is 60.7 Å². The third-order valence-electron chi connectivity index (χ3n) is 3.92. The molecule has 0 spiro atoms. The molecule has 119 valence electrons. The maximum atomic E-state index is 5.94. The molecule has 4 heteroatoms. The van der Waals surface area contributed by atoms with Crippen LogP contribution in [-0.2, 0) is 0 Å². The van der Waals surface area contributed by atoms with Gasteiger partial charge in [0.2, 0.25) is 0 Å². The number of nitrogens with zero attached hydrogens (tertiary/aromatic N) is 1. The molecule has 0 fully saturated rings. The summed E-state index contributed by atoms with van der Waals surface area (Å²) < 4.78 is 11.8. The zero-order valence-corrected chi connectivity index (χ0v) is 16.8. The Morgan fingerprint density at radius 3 is 2.24 bits per heavy atom. The first-order valence-electron chi connectivity index (χ1n) is 8.04. The van der Waals surface area contributed by atoms with Crippen molar-refractivity contribution in [2.24, 2.45) is 0 Å². The Labute approximate surface area is 158 Å². The number of hydrogen-bond donors (Lipinski definition) is 0. The monoisotopic (exact) mass is 428 g/mol. The number of hydrogen-bond acceptors (Lipinski definition) is 3. The Kier molecular flexibility index (Phi) is 4.89. The normalized spacial score (nSPS) is 10.4. The molecular weight excluding hydrogens is 413 g/mol. The van der Waals surface area contributed by atoms with Gasteiger partial charge in [-0.2, -0.15) is 0 Å². The second-order valence-electron chi connectivity index (χ2n) is 5.55. The van der Waals surface area contributed by atoms with Crippen LogP contribution < -0.4 is 5.71 Å². The maximum absolute atomic E-state index is 5.94. The molecular formula is C21H15InNO2. The standard InChI is InChI=1S/C12H10O.C9H7NO.In/c13-12-8-6-11(7-9-12)10-4-2-1-3-5-10;11-8-5-1-3-7-4-2-6-10-9(7)8;/h1-9,13H;1-6,11H;/q;;+2/p-2. The van der Waals surface area contributed by atoms with E-state index in [0.717, 1.165) is 22.4 Å². The number of pyridine rings is 1. The molecule has 1 radical (unpaired) electrons. The molecule has 0 aliphatic rings. The van der Waals surface area contributed by atoms with Gasteiger partial charge in [0.25, 0.3) is 0 Å². The third-order valence-corrected chi connectivity index (χ3v) is 5.97. The summed E-state index contributed by atoms with van der Waals surface area (Å²) >= 11 is -1.68. The van der Waals surface area contributed by atoms with E-state index in [-0.39, 0.29) is 0 Å². The van der Waals surface area contributed by atoms with Crippen LogP contribution in [0.3, 0.4) is 0 Å². The molecule has 0 amide bonds. The Morgan fingerprint density at radius 1 is 0.640 bits per heavy atom. The van der Waals surface area contributed by atoms with E-state index in [1.165, 1.54) is 11.1 Å². The molecule has 0 unspecified atom stereocenters. The van der Waals surface area contributed by atoms with Gasteiger partial charge < -0.3 is 0 Å². The summed E-state index contributed by atoms with van der Waals surface area (Å²) in [5.74, 6) is 1.66.